The van der Waals surface area contributed by atoms with Crippen molar-refractivity contribution < 1.29 is 13.2 Å². The quantitative estimate of drug-likeness (QED) is 0.907. The highest BCUT2D eigenvalue weighted by molar-refractivity contribution is 7.89. The number of aromatic nitrogens is 2. The van der Waals surface area contributed by atoms with Crippen molar-refractivity contribution >= 4 is 16.0 Å². The predicted molar refractivity (Wildman–Crippen MR) is 80.5 cm³/mol. The van der Waals surface area contributed by atoms with E-state index in [1.807, 2.05) is 6.92 Å². The first-order valence-electron chi connectivity index (χ1n) is 6.84. The summed E-state index contributed by atoms with van der Waals surface area (Å²) < 4.78 is 32.5. The third-order valence-electron chi connectivity index (χ3n) is 3.41. The third-order valence-corrected chi connectivity index (χ3v) is 5.24. The summed E-state index contributed by atoms with van der Waals surface area (Å²) in [4.78, 5) is 8.16. The van der Waals surface area contributed by atoms with Crippen molar-refractivity contribution in [2.45, 2.75) is 24.9 Å². The number of nitrogens with zero attached hydrogens (tertiary/aromatic N) is 3. The Bertz CT molecular complexity index is 807. The number of nitrogen functional groups attached to an aromatic ring is 1. The van der Waals surface area contributed by atoms with Crippen LogP contribution in [-0.2, 0) is 23.1 Å². The summed E-state index contributed by atoms with van der Waals surface area (Å²) in [7, 11) is -3.67. The molecule has 0 fully saturated rings. The van der Waals surface area contributed by atoms with E-state index in [9.17, 15) is 8.42 Å². The van der Waals surface area contributed by atoms with Gasteiger partial charge in [-0.3, -0.25) is 0 Å². The lowest BCUT2D eigenvalue weighted by Gasteiger charge is -2.17. The molecule has 1 aliphatic rings. The number of sulfonamides is 1. The summed E-state index contributed by atoms with van der Waals surface area (Å²) >= 11 is 0. The molecule has 8 heteroatoms. The first kappa shape index (κ1) is 14.7. The van der Waals surface area contributed by atoms with E-state index in [0.717, 1.165) is 5.56 Å². The van der Waals surface area contributed by atoms with Crippen LogP contribution in [0.2, 0.25) is 0 Å². The number of rotatable bonds is 4. The fraction of sp³-hybridized carbons (Fsp3) is 0.286. The maximum atomic E-state index is 12.9. The van der Waals surface area contributed by atoms with Gasteiger partial charge in [-0.05, 0) is 19.1 Å². The summed E-state index contributed by atoms with van der Waals surface area (Å²) in [5.41, 5.74) is 6.96. The van der Waals surface area contributed by atoms with E-state index in [-0.39, 0.29) is 23.9 Å². The van der Waals surface area contributed by atoms with E-state index in [1.54, 1.807) is 30.5 Å². The standard InChI is InChI=1S/C14H16N4O3S/c1-2-21-12-5-3-4-6-13(12)22(19,20)18-8-10-7-16-14(15)17-11(10)9-18/h3-7H,2,8-9H2,1H3,(H2,15,16,17). The molecule has 1 aliphatic heterocycles. The van der Waals surface area contributed by atoms with E-state index in [0.29, 0.717) is 18.1 Å². The molecule has 0 aliphatic carbocycles. The molecule has 0 radical (unpaired) electrons. The zero-order chi connectivity index (χ0) is 15.7. The van der Waals surface area contributed by atoms with E-state index >= 15 is 0 Å². The Hall–Kier alpha value is -2.19. The van der Waals surface area contributed by atoms with Gasteiger partial charge in [-0.2, -0.15) is 4.31 Å². The van der Waals surface area contributed by atoms with E-state index in [2.05, 4.69) is 9.97 Å². The van der Waals surface area contributed by atoms with Crippen LogP contribution >= 0.6 is 0 Å². The maximum Gasteiger partial charge on any atom is 0.247 e. The molecule has 0 saturated heterocycles. The highest BCUT2D eigenvalue weighted by atomic mass is 32.2. The summed E-state index contributed by atoms with van der Waals surface area (Å²) in [6, 6.07) is 6.62. The van der Waals surface area contributed by atoms with Crippen molar-refractivity contribution in [1.82, 2.24) is 14.3 Å². The van der Waals surface area contributed by atoms with Crippen LogP contribution in [0.25, 0.3) is 0 Å². The Balaban J connectivity index is 1.96. The number of ether oxygens (including phenoxy) is 1. The Morgan fingerprint density at radius 1 is 1.32 bits per heavy atom. The molecule has 3 rings (SSSR count). The monoisotopic (exact) mass is 320 g/mol. The van der Waals surface area contributed by atoms with Gasteiger partial charge in [0.15, 0.2) is 0 Å². The van der Waals surface area contributed by atoms with Crippen molar-refractivity contribution in [2.24, 2.45) is 0 Å². The van der Waals surface area contributed by atoms with Crippen molar-refractivity contribution in [3.63, 3.8) is 0 Å². The highest BCUT2D eigenvalue weighted by Crippen LogP contribution is 2.31. The summed E-state index contributed by atoms with van der Waals surface area (Å²) in [5.74, 6) is 0.499. The lowest BCUT2D eigenvalue weighted by molar-refractivity contribution is 0.328. The number of benzene rings is 1. The second-order valence-corrected chi connectivity index (χ2v) is 6.76. The minimum atomic E-state index is -3.67. The molecule has 0 saturated carbocycles. The van der Waals surface area contributed by atoms with Gasteiger partial charge in [-0.1, -0.05) is 12.1 Å². The molecule has 0 atom stereocenters. The van der Waals surface area contributed by atoms with Crippen LogP contribution in [0.1, 0.15) is 18.2 Å². The van der Waals surface area contributed by atoms with E-state index < -0.39 is 10.0 Å². The molecule has 2 aromatic rings. The van der Waals surface area contributed by atoms with Gasteiger partial charge in [0.25, 0.3) is 0 Å². The summed E-state index contributed by atoms with van der Waals surface area (Å²) in [6.07, 6.45) is 1.57. The average molecular weight is 320 g/mol. The van der Waals surface area contributed by atoms with Crippen LogP contribution < -0.4 is 10.5 Å². The normalized spacial score (nSPS) is 14.8. The van der Waals surface area contributed by atoms with Gasteiger partial charge >= 0.3 is 0 Å². The van der Waals surface area contributed by atoms with Gasteiger partial charge < -0.3 is 10.5 Å². The average Bonchev–Trinajstić information content (AvgIpc) is 2.92. The van der Waals surface area contributed by atoms with Crippen LogP contribution in [0, 0.1) is 0 Å². The minimum Gasteiger partial charge on any atom is -0.492 e. The molecule has 1 aromatic heterocycles. The Kier molecular flexibility index (Phi) is 3.71. The predicted octanol–water partition coefficient (Wildman–Crippen LogP) is 1.16. The smallest absolute Gasteiger partial charge is 0.247 e. The topological polar surface area (TPSA) is 98.4 Å². The maximum absolute atomic E-state index is 12.9. The van der Waals surface area contributed by atoms with Crippen molar-refractivity contribution in [3.05, 3.63) is 41.7 Å². The Morgan fingerprint density at radius 3 is 2.86 bits per heavy atom. The van der Waals surface area contributed by atoms with E-state index in [1.165, 1.54) is 4.31 Å². The second-order valence-electron chi connectivity index (χ2n) is 4.85. The van der Waals surface area contributed by atoms with E-state index in [4.69, 9.17) is 10.5 Å². The SMILES string of the molecule is CCOc1ccccc1S(=O)(=O)N1Cc2cnc(N)nc2C1. The Labute approximate surface area is 128 Å². The lowest BCUT2D eigenvalue weighted by atomic mass is 10.3. The minimum absolute atomic E-state index is 0.146. The van der Waals surface area contributed by atoms with Gasteiger partial charge in [0.1, 0.15) is 10.6 Å². The van der Waals surface area contributed by atoms with Crippen LogP contribution in [0.4, 0.5) is 5.95 Å². The molecule has 0 spiro atoms. The number of para-hydroxylation sites is 1. The molecule has 1 aromatic carbocycles. The molecule has 0 unspecified atom stereocenters. The fourth-order valence-corrected chi connectivity index (χ4v) is 3.90. The number of nitrogens with two attached hydrogens (primary N) is 1. The molecule has 2 N–H and O–H groups in total. The van der Waals surface area contributed by atoms with Gasteiger partial charge in [-0.25, -0.2) is 18.4 Å². The first-order valence-corrected chi connectivity index (χ1v) is 8.28. The van der Waals surface area contributed by atoms with Gasteiger partial charge in [0, 0.05) is 18.3 Å². The van der Waals surface area contributed by atoms with Gasteiger partial charge in [0.2, 0.25) is 16.0 Å². The van der Waals surface area contributed by atoms with Gasteiger partial charge in [-0.15, -0.1) is 0 Å². The summed E-state index contributed by atoms with van der Waals surface area (Å²) in [6.45, 7) is 2.63. The molecular formula is C14H16N4O3S. The number of hydrogen-bond donors (Lipinski definition) is 1. The zero-order valence-corrected chi connectivity index (χ0v) is 12.9. The molecule has 22 heavy (non-hydrogen) atoms. The number of hydrogen-bond acceptors (Lipinski definition) is 6. The zero-order valence-electron chi connectivity index (χ0n) is 12.1. The van der Waals surface area contributed by atoms with Crippen molar-refractivity contribution in [1.29, 1.82) is 0 Å². The first-order chi connectivity index (χ1) is 10.5. The fourth-order valence-electron chi connectivity index (χ4n) is 2.39. The number of fused-ring (bicyclic) bond motifs is 1. The van der Waals surface area contributed by atoms with Crippen LogP contribution in [0.5, 0.6) is 5.75 Å². The highest BCUT2D eigenvalue weighted by Gasteiger charge is 2.33. The Morgan fingerprint density at radius 2 is 2.09 bits per heavy atom. The molecule has 116 valence electrons. The van der Waals surface area contributed by atoms with Gasteiger partial charge in [0.05, 0.1) is 18.8 Å². The lowest BCUT2D eigenvalue weighted by Crippen LogP contribution is -2.26. The van der Waals surface area contributed by atoms with Crippen LogP contribution in [0.3, 0.4) is 0 Å². The summed E-state index contributed by atoms with van der Waals surface area (Å²) in [5, 5.41) is 0. The molecule has 0 bridgehead atoms. The van der Waals surface area contributed by atoms with Crippen LogP contribution in [0.15, 0.2) is 35.4 Å². The molecule has 0 amide bonds. The molecule has 2 heterocycles. The number of anilines is 1. The molecule has 7 nitrogen and oxygen atoms in total. The third kappa shape index (κ3) is 2.51. The van der Waals surface area contributed by atoms with Crippen LogP contribution in [-0.4, -0.2) is 29.3 Å². The van der Waals surface area contributed by atoms with Crippen molar-refractivity contribution in [2.75, 3.05) is 12.3 Å². The second kappa shape index (κ2) is 5.54. The molecular weight excluding hydrogens is 304 g/mol. The largest absolute Gasteiger partial charge is 0.492 e. The van der Waals surface area contributed by atoms with Crippen molar-refractivity contribution in [3.8, 4) is 5.75 Å².